The fourth-order valence-electron chi connectivity index (χ4n) is 1.30. The van der Waals surface area contributed by atoms with Gasteiger partial charge in [0.2, 0.25) is 0 Å². The van der Waals surface area contributed by atoms with E-state index in [1.807, 2.05) is 0 Å². The average molecular weight is 305 g/mol. The smallest absolute Gasteiger partial charge is 0.338 e. The van der Waals surface area contributed by atoms with Crippen LogP contribution < -0.4 is 0 Å². The summed E-state index contributed by atoms with van der Waals surface area (Å²) in [7, 11) is 0. The van der Waals surface area contributed by atoms with Crippen LogP contribution in [0.25, 0.3) is 0 Å². The third-order valence-electron chi connectivity index (χ3n) is 2.16. The number of aromatic hydroxyl groups is 1. The molecule has 2 unspecified atom stereocenters. The molecule has 17 heavy (non-hydrogen) atoms. The maximum absolute atomic E-state index is 11.2. The van der Waals surface area contributed by atoms with Gasteiger partial charge in [-0.2, -0.15) is 0 Å². The standard InChI is InChI=1S/C11H13BrO5/c1-2-17-11(16)10(15)9(14)6-4-3-5-7(12)8(6)13/h3-5,9-10,13-15H,2H2,1H3. The van der Waals surface area contributed by atoms with Crippen LogP contribution in [0.3, 0.4) is 0 Å². The highest BCUT2D eigenvalue weighted by molar-refractivity contribution is 9.10. The Bertz CT molecular complexity index is 407. The first-order valence-corrected chi connectivity index (χ1v) is 5.78. The number of phenolic OH excluding ortho intramolecular Hbond substituents is 1. The average Bonchev–Trinajstić information content (AvgIpc) is 2.31. The van der Waals surface area contributed by atoms with Crippen LogP contribution in [0.15, 0.2) is 22.7 Å². The number of ether oxygens (including phenoxy) is 1. The molecule has 0 saturated carbocycles. The molecule has 0 aliphatic carbocycles. The van der Waals surface area contributed by atoms with Crippen molar-refractivity contribution in [1.82, 2.24) is 0 Å². The summed E-state index contributed by atoms with van der Waals surface area (Å²) in [5.74, 6) is -1.15. The largest absolute Gasteiger partial charge is 0.506 e. The van der Waals surface area contributed by atoms with Crippen LogP contribution in [-0.4, -0.2) is 34.0 Å². The Morgan fingerprint density at radius 1 is 1.47 bits per heavy atom. The fourth-order valence-corrected chi connectivity index (χ4v) is 1.68. The van der Waals surface area contributed by atoms with Gasteiger partial charge in [-0.1, -0.05) is 12.1 Å². The number of halogens is 1. The zero-order valence-electron chi connectivity index (χ0n) is 9.13. The number of benzene rings is 1. The maximum atomic E-state index is 11.2. The molecule has 0 fully saturated rings. The van der Waals surface area contributed by atoms with Crippen molar-refractivity contribution in [3.8, 4) is 5.75 Å². The number of aliphatic hydroxyl groups is 2. The van der Waals surface area contributed by atoms with Crippen LogP contribution in [0.5, 0.6) is 5.75 Å². The minimum Gasteiger partial charge on any atom is -0.506 e. The number of hydrogen-bond donors (Lipinski definition) is 3. The highest BCUT2D eigenvalue weighted by Gasteiger charge is 2.29. The number of carbonyl (C=O) groups excluding carboxylic acids is 1. The van der Waals surface area contributed by atoms with Crippen molar-refractivity contribution in [3.05, 3.63) is 28.2 Å². The highest BCUT2D eigenvalue weighted by Crippen LogP contribution is 2.33. The molecule has 3 N–H and O–H groups in total. The minimum atomic E-state index is -1.73. The molecule has 0 spiro atoms. The van der Waals surface area contributed by atoms with E-state index in [1.165, 1.54) is 6.07 Å². The van der Waals surface area contributed by atoms with E-state index in [2.05, 4.69) is 20.7 Å². The van der Waals surface area contributed by atoms with E-state index in [1.54, 1.807) is 19.1 Å². The van der Waals surface area contributed by atoms with Crippen molar-refractivity contribution in [1.29, 1.82) is 0 Å². The number of para-hydroxylation sites is 1. The Kier molecular flexibility index (Phi) is 4.92. The number of phenols is 1. The molecule has 1 aromatic carbocycles. The van der Waals surface area contributed by atoms with Gasteiger partial charge in [0.05, 0.1) is 11.1 Å². The van der Waals surface area contributed by atoms with E-state index in [0.717, 1.165) is 0 Å². The molecular formula is C11H13BrO5. The molecule has 0 aromatic heterocycles. The van der Waals surface area contributed by atoms with Gasteiger partial charge in [-0.3, -0.25) is 0 Å². The van der Waals surface area contributed by atoms with E-state index >= 15 is 0 Å². The van der Waals surface area contributed by atoms with Gasteiger partial charge >= 0.3 is 5.97 Å². The Balaban J connectivity index is 2.92. The van der Waals surface area contributed by atoms with Gasteiger partial charge in [-0.05, 0) is 28.9 Å². The van der Waals surface area contributed by atoms with Crippen molar-refractivity contribution in [3.63, 3.8) is 0 Å². The first kappa shape index (κ1) is 14.0. The molecule has 0 radical (unpaired) electrons. The molecular weight excluding hydrogens is 292 g/mol. The van der Waals surface area contributed by atoms with Gasteiger partial charge < -0.3 is 20.1 Å². The normalized spacial score (nSPS) is 14.1. The molecule has 0 aliphatic rings. The predicted molar refractivity (Wildman–Crippen MR) is 63.4 cm³/mol. The highest BCUT2D eigenvalue weighted by atomic mass is 79.9. The lowest BCUT2D eigenvalue weighted by Crippen LogP contribution is -2.29. The molecule has 2 atom stereocenters. The number of rotatable bonds is 4. The summed E-state index contributed by atoms with van der Waals surface area (Å²) >= 11 is 3.07. The Hall–Kier alpha value is -1.11. The van der Waals surface area contributed by atoms with Crippen molar-refractivity contribution >= 4 is 21.9 Å². The predicted octanol–water partition coefficient (Wildman–Crippen LogP) is 1.11. The zero-order chi connectivity index (χ0) is 13.0. The molecule has 1 aromatic rings. The zero-order valence-corrected chi connectivity index (χ0v) is 10.7. The molecule has 94 valence electrons. The number of hydrogen-bond acceptors (Lipinski definition) is 5. The SMILES string of the molecule is CCOC(=O)C(O)C(O)c1cccc(Br)c1O. The van der Waals surface area contributed by atoms with Gasteiger partial charge in [-0.25, -0.2) is 4.79 Å². The van der Waals surface area contributed by atoms with Gasteiger partial charge in [0.15, 0.2) is 6.10 Å². The van der Waals surface area contributed by atoms with E-state index in [4.69, 9.17) is 0 Å². The molecule has 0 bridgehead atoms. The molecule has 0 amide bonds. The van der Waals surface area contributed by atoms with Gasteiger partial charge in [0.1, 0.15) is 11.9 Å². The summed E-state index contributed by atoms with van der Waals surface area (Å²) in [4.78, 5) is 11.2. The second-order valence-corrected chi connectivity index (χ2v) is 4.17. The van der Waals surface area contributed by atoms with E-state index < -0.39 is 18.2 Å². The topological polar surface area (TPSA) is 87.0 Å². The van der Waals surface area contributed by atoms with E-state index in [-0.39, 0.29) is 17.9 Å². The molecule has 6 heteroatoms. The van der Waals surface area contributed by atoms with Gasteiger partial charge in [-0.15, -0.1) is 0 Å². The maximum Gasteiger partial charge on any atom is 0.338 e. The fraction of sp³-hybridized carbons (Fsp3) is 0.364. The van der Waals surface area contributed by atoms with Crippen molar-refractivity contribution in [2.45, 2.75) is 19.1 Å². The van der Waals surface area contributed by atoms with Crippen LogP contribution >= 0.6 is 15.9 Å². The number of esters is 1. The first-order chi connectivity index (χ1) is 7.99. The Morgan fingerprint density at radius 3 is 2.71 bits per heavy atom. The van der Waals surface area contributed by atoms with Crippen LogP contribution in [0.2, 0.25) is 0 Å². The van der Waals surface area contributed by atoms with Crippen molar-refractivity contribution in [2.75, 3.05) is 6.61 Å². The monoisotopic (exact) mass is 304 g/mol. The minimum absolute atomic E-state index is 0.0555. The summed E-state index contributed by atoms with van der Waals surface area (Å²) in [6.45, 7) is 1.70. The first-order valence-electron chi connectivity index (χ1n) is 4.99. The van der Waals surface area contributed by atoms with E-state index in [9.17, 15) is 20.1 Å². The third kappa shape index (κ3) is 3.18. The lowest BCUT2D eigenvalue weighted by molar-refractivity contribution is -0.159. The number of aliphatic hydroxyl groups excluding tert-OH is 2. The summed E-state index contributed by atoms with van der Waals surface area (Å²) < 4.78 is 4.94. The van der Waals surface area contributed by atoms with E-state index in [0.29, 0.717) is 4.47 Å². The molecule has 0 saturated heterocycles. The Labute approximate surface area is 107 Å². The van der Waals surface area contributed by atoms with Gasteiger partial charge in [0, 0.05) is 5.56 Å². The summed E-state index contributed by atoms with van der Waals surface area (Å²) in [6.07, 6.45) is -3.26. The molecule has 5 nitrogen and oxygen atoms in total. The van der Waals surface area contributed by atoms with Crippen LogP contribution in [0, 0.1) is 0 Å². The lowest BCUT2D eigenvalue weighted by Gasteiger charge is -2.18. The van der Waals surface area contributed by atoms with Crippen LogP contribution in [0.4, 0.5) is 0 Å². The Morgan fingerprint density at radius 2 is 2.12 bits per heavy atom. The summed E-state index contributed by atoms with van der Waals surface area (Å²) in [5, 5.41) is 29.0. The molecule has 1 rings (SSSR count). The lowest BCUT2D eigenvalue weighted by atomic mass is 10.0. The summed E-state index contributed by atoms with van der Waals surface area (Å²) in [5.41, 5.74) is 0.0555. The third-order valence-corrected chi connectivity index (χ3v) is 2.80. The molecule has 0 heterocycles. The van der Waals surface area contributed by atoms with Crippen LogP contribution in [-0.2, 0) is 9.53 Å². The summed E-state index contributed by atoms with van der Waals surface area (Å²) in [6, 6.07) is 4.55. The van der Waals surface area contributed by atoms with Crippen LogP contribution in [0.1, 0.15) is 18.6 Å². The number of carbonyl (C=O) groups is 1. The second kappa shape index (κ2) is 6.00. The van der Waals surface area contributed by atoms with Crippen molar-refractivity contribution < 1.29 is 24.9 Å². The molecule has 0 aliphatic heterocycles. The quantitative estimate of drug-likeness (QED) is 0.726. The van der Waals surface area contributed by atoms with Crippen molar-refractivity contribution in [2.24, 2.45) is 0 Å². The van der Waals surface area contributed by atoms with Gasteiger partial charge in [0.25, 0.3) is 0 Å². The second-order valence-electron chi connectivity index (χ2n) is 3.32.